The molecule has 1 N–H and O–H groups in total. The first-order chi connectivity index (χ1) is 8.25. The van der Waals surface area contributed by atoms with Crippen molar-refractivity contribution in [1.82, 2.24) is 14.5 Å². The molecule has 0 radical (unpaired) electrons. The molecule has 0 spiro atoms. The number of hydrogen-bond acceptors (Lipinski definition) is 4. The predicted octanol–water partition coefficient (Wildman–Crippen LogP) is 2.40. The topological polar surface area (TPSA) is 50.9 Å². The van der Waals surface area contributed by atoms with Gasteiger partial charge >= 0.3 is 0 Å². The maximum Gasteiger partial charge on any atom is 0.152 e. The standard InChI is InChI=1S/C12H15N3OS/c1-8-11(17-7-14-8)12-13-4-5-15(12)9-2-3-10(16)6-9/h4-5,7,9-10,16H,2-3,6H2,1H3/t9-,10+/m1/s1. The van der Waals surface area contributed by atoms with Crippen molar-refractivity contribution < 1.29 is 5.11 Å². The highest BCUT2D eigenvalue weighted by molar-refractivity contribution is 7.13. The van der Waals surface area contributed by atoms with Crippen molar-refractivity contribution in [1.29, 1.82) is 0 Å². The Hall–Kier alpha value is -1.20. The van der Waals surface area contributed by atoms with Crippen molar-refractivity contribution >= 4 is 11.3 Å². The van der Waals surface area contributed by atoms with Gasteiger partial charge < -0.3 is 9.67 Å². The van der Waals surface area contributed by atoms with E-state index in [1.165, 1.54) is 0 Å². The normalized spacial score (nSPS) is 24.4. The average Bonchev–Trinajstić information content (AvgIpc) is 2.97. The summed E-state index contributed by atoms with van der Waals surface area (Å²) in [6, 6.07) is 0.379. The van der Waals surface area contributed by atoms with Gasteiger partial charge in [0.05, 0.1) is 22.2 Å². The number of rotatable bonds is 2. The van der Waals surface area contributed by atoms with Crippen LogP contribution < -0.4 is 0 Å². The molecule has 1 aliphatic rings. The second-order valence-corrected chi connectivity index (χ2v) is 5.40. The maximum atomic E-state index is 9.63. The number of thiazole rings is 1. The summed E-state index contributed by atoms with van der Waals surface area (Å²) in [5, 5.41) is 9.63. The molecule has 1 aliphatic carbocycles. The van der Waals surface area contributed by atoms with Gasteiger partial charge in [0.15, 0.2) is 5.82 Å². The van der Waals surface area contributed by atoms with Crippen LogP contribution in [0.2, 0.25) is 0 Å². The summed E-state index contributed by atoms with van der Waals surface area (Å²) in [5.41, 5.74) is 2.88. The molecule has 2 atom stereocenters. The highest BCUT2D eigenvalue weighted by Crippen LogP contribution is 2.35. The number of nitrogens with zero attached hydrogens (tertiary/aromatic N) is 3. The molecule has 0 aromatic carbocycles. The Labute approximate surface area is 104 Å². The minimum atomic E-state index is -0.155. The smallest absolute Gasteiger partial charge is 0.152 e. The van der Waals surface area contributed by atoms with Crippen LogP contribution in [0.4, 0.5) is 0 Å². The molecule has 2 aromatic heterocycles. The molecule has 0 unspecified atom stereocenters. The summed E-state index contributed by atoms with van der Waals surface area (Å²) >= 11 is 1.62. The van der Waals surface area contributed by atoms with E-state index in [0.717, 1.165) is 35.7 Å². The van der Waals surface area contributed by atoms with Crippen molar-refractivity contribution in [3.8, 4) is 10.7 Å². The lowest BCUT2D eigenvalue weighted by Gasteiger charge is -2.14. The number of aromatic nitrogens is 3. The molecule has 0 aliphatic heterocycles. The van der Waals surface area contributed by atoms with Crippen LogP contribution in [0, 0.1) is 6.92 Å². The predicted molar refractivity (Wildman–Crippen MR) is 67.0 cm³/mol. The molecule has 90 valence electrons. The van der Waals surface area contributed by atoms with E-state index in [0.29, 0.717) is 6.04 Å². The zero-order valence-corrected chi connectivity index (χ0v) is 10.5. The minimum absolute atomic E-state index is 0.155. The van der Waals surface area contributed by atoms with Crippen LogP contribution in [0.15, 0.2) is 17.9 Å². The Morgan fingerprint density at radius 1 is 1.41 bits per heavy atom. The molecule has 0 amide bonds. The third kappa shape index (κ3) is 1.89. The molecule has 0 saturated heterocycles. The monoisotopic (exact) mass is 249 g/mol. The van der Waals surface area contributed by atoms with E-state index in [-0.39, 0.29) is 6.10 Å². The van der Waals surface area contributed by atoms with Crippen molar-refractivity contribution in [2.45, 2.75) is 38.3 Å². The van der Waals surface area contributed by atoms with Gasteiger partial charge in [-0.1, -0.05) is 0 Å². The van der Waals surface area contributed by atoms with Crippen LogP contribution in [-0.4, -0.2) is 25.7 Å². The minimum Gasteiger partial charge on any atom is -0.393 e. The second kappa shape index (κ2) is 4.23. The Balaban J connectivity index is 1.97. The summed E-state index contributed by atoms with van der Waals surface area (Å²) in [6.07, 6.45) is 6.45. The lowest BCUT2D eigenvalue weighted by Crippen LogP contribution is -2.07. The van der Waals surface area contributed by atoms with Crippen LogP contribution in [0.5, 0.6) is 0 Å². The largest absolute Gasteiger partial charge is 0.393 e. The van der Waals surface area contributed by atoms with Crippen LogP contribution >= 0.6 is 11.3 Å². The zero-order valence-electron chi connectivity index (χ0n) is 9.71. The molecule has 2 aromatic rings. The van der Waals surface area contributed by atoms with Gasteiger partial charge in [-0.3, -0.25) is 0 Å². The Morgan fingerprint density at radius 3 is 2.94 bits per heavy atom. The van der Waals surface area contributed by atoms with Crippen LogP contribution in [0.25, 0.3) is 10.7 Å². The highest BCUT2D eigenvalue weighted by atomic mass is 32.1. The van der Waals surface area contributed by atoms with Gasteiger partial charge in [-0.15, -0.1) is 11.3 Å². The Bertz CT molecular complexity index is 519. The number of imidazole rings is 1. The fraction of sp³-hybridized carbons (Fsp3) is 0.500. The van der Waals surface area contributed by atoms with E-state index in [2.05, 4.69) is 14.5 Å². The van der Waals surface area contributed by atoms with Crippen LogP contribution in [0.3, 0.4) is 0 Å². The molecule has 17 heavy (non-hydrogen) atoms. The van der Waals surface area contributed by atoms with Crippen molar-refractivity contribution in [2.75, 3.05) is 0 Å². The summed E-state index contributed by atoms with van der Waals surface area (Å²) < 4.78 is 2.19. The molecule has 1 fully saturated rings. The summed E-state index contributed by atoms with van der Waals surface area (Å²) in [5.74, 6) is 0.990. The Morgan fingerprint density at radius 2 is 2.29 bits per heavy atom. The lowest BCUT2D eigenvalue weighted by molar-refractivity contribution is 0.178. The first kappa shape index (κ1) is 10.9. The van der Waals surface area contributed by atoms with Crippen molar-refractivity contribution in [2.24, 2.45) is 0 Å². The van der Waals surface area contributed by atoms with Gasteiger partial charge in [0.1, 0.15) is 0 Å². The second-order valence-electron chi connectivity index (χ2n) is 4.55. The fourth-order valence-corrected chi connectivity index (χ4v) is 3.29. The highest BCUT2D eigenvalue weighted by Gasteiger charge is 2.26. The number of hydrogen-bond donors (Lipinski definition) is 1. The molecule has 0 bridgehead atoms. The van der Waals surface area contributed by atoms with E-state index < -0.39 is 0 Å². The van der Waals surface area contributed by atoms with E-state index >= 15 is 0 Å². The van der Waals surface area contributed by atoms with Crippen molar-refractivity contribution in [3.05, 3.63) is 23.6 Å². The third-order valence-electron chi connectivity index (χ3n) is 3.39. The number of aryl methyl sites for hydroxylation is 1. The lowest BCUT2D eigenvalue weighted by atomic mass is 10.2. The average molecular weight is 249 g/mol. The third-order valence-corrected chi connectivity index (χ3v) is 4.31. The number of aliphatic hydroxyl groups excluding tert-OH is 1. The molecule has 4 nitrogen and oxygen atoms in total. The molecule has 2 heterocycles. The first-order valence-electron chi connectivity index (χ1n) is 5.87. The summed E-state index contributed by atoms with van der Waals surface area (Å²) in [7, 11) is 0. The maximum absolute atomic E-state index is 9.63. The molecule has 1 saturated carbocycles. The van der Waals surface area contributed by atoms with Gasteiger partial charge in [-0.05, 0) is 26.2 Å². The zero-order chi connectivity index (χ0) is 11.8. The quantitative estimate of drug-likeness (QED) is 0.889. The van der Waals surface area contributed by atoms with Crippen molar-refractivity contribution in [3.63, 3.8) is 0 Å². The SMILES string of the molecule is Cc1ncsc1-c1nccn1[C@@H]1CC[C@H](O)C1. The molecular formula is C12H15N3OS. The molecule has 5 heteroatoms. The van der Waals surface area contributed by atoms with Crippen LogP contribution in [-0.2, 0) is 0 Å². The summed E-state index contributed by atoms with van der Waals surface area (Å²) in [4.78, 5) is 9.85. The van der Waals surface area contributed by atoms with Gasteiger partial charge in [-0.25, -0.2) is 9.97 Å². The Kier molecular flexibility index (Phi) is 2.72. The van der Waals surface area contributed by atoms with E-state index in [9.17, 15) is 5.11 Å². The van der Waals surface area contributed by atoms with Gasteiger partial charge in [0, 0.05) is 18.4 Å². The first-order valence-corrected chi connectivity index (χ1v) is 6.75. The van der Waals surface area contributed by atoms with Gasteiger partial charge in [0.2, 0.25) is 0 Å². The van der Waals surface area contributed by atoms with Gasteiger partial charge in [-0.2, -0.15) is 0 Å². The molecular weight excluding hydrogens is 234 g/mol. The number of aliphatic hydroxyl groups is 1. The van der Waals surface area contributed by atoms with E-state index in [1.807, 2.05) is 24.8 Å². The molecule has 3 rings (SSSR count). The van der Waals surface area contributed by atoms with Gasteiger partial charge in [0.25, 0.3) is 0 Å². The van der Waals surface area contributed by atoms with E-state index in [4.69, 9.17) is 0 Å². The van der Waals surface area contributed by atoms with Crippen LogP contribution in [0.1, 0.15) is 31.0 Å². The van der Waals surface area contributed by atoms with E-state index in [1.54, 1.807) is 11.3 Å². The summed E-state index contributed by atoms with van der Waals surface area (Å²) in [6.45, 7) is 2.01. The fourth-order valence-electron chi connectivity index (χ4n) is 2.49.